The first-order valence-corrected chi connectivity index (χ1v) is 21.2. The third kappa shape index (κ3) is 6.31. The highest BCUT2D eigenvalue weighted by Crippen LogP contribution is 2.55. The highest BCUT2D eigenvalue weighted by atomic mass is 31.2. The second-order valence-corrected chi connectivity index (χ2v) is 20.6. The minimum absolute atomic E-state index is 0.925. The minimum Gasteiger partial charge on any atom is -0.0622 e. The van der Waals surface area contributed by atoms with E-state index in [1.165, 1.54) is 37.1 Å². The van der Waals surface area contributed by atoms with Crippen molar-refractivity contribution in [1.29, 1.82) is 0 Å². The molecule has 7 aromatic rings. The Morgan fingerprint density at radius 2 is 0.447 bits per heavy atom. The van der Waals surface area contributed by atoms with Gasteiger partial charge in [0.25, 0.3) is 0 Å². The Bertz CT molecular complexity index is 1770. The SMILES string of the molecule is C(P(C=P(c1ccccc1)(c1ccccc1)c1ccccc1)c1ccccc1)=P(c1ccccc1)(c1ccccc1)c1ccccc1. The molecular formula is C44H37P3. The van der Waals surface area contributed by atoms with Gasteiger partial charge in [0.2, 0.25) is 0 Å². The molecule has 47 heavy (non-hydrogen) atoms. The van der Waals surface area contributed by atoms with E-state index in [1.807, 2.05) is 0 Å². The predicted octanol–water partition coefficient (Wildman–Crippen LogP) is 8.30. The van der Waals surface area contributed by atoms with E-state index in [-0.39, 0.29) is 0 Å². The van der Waals surface area contributed by atoms with Crippen molar-refractivity contribution in [3.63, 3.8) is 0 Å². The lowest BCUT2D eigenvalue weighted by atomic mass is 10.4. The molecule has 0 radical (unpaired) electrons. The Morgan fingerprint density at radius 3 is 0.660 bits per heavy atom. The topological polar surface area (TPSA) is 0 Å². The monoisotopic (exact) mass is 658 g/mol. The van der Waals surface area contributed by atoms with Crippen LogP contribution in [0.1, 0.15) is 0 Å². The van der Waals surface area contributed by atoms with E-state index in [2.05, 4.69) is 223 Å². The molecule has 7 rings (SSSR count). The van der Waals surface area contributed by atoms with Gasteiger partial charge in [0.1, 0.15) is 0 Å². The lowest BCUT2D eigenvalue weighted by Gasteiger charge is -2.33. The standard InChI is InChI=1S/C44H37P3/c1-8-22-38(23-9-1)45(36-46(39-24-10-2-11-25-39,40-26-12-3-13-27-40)41-28-14-4-15-29-41)37-47(42-30-16-5-17-31-42,43-32-18-6-19-33-43)44-34-20-7-21-35-44/h1-37H. The summed E-state index contributed by atoms with van der Waals surface area (Å²) in [6.07, 6.45) is 0. The second-order valence-electron chi connectivity index (χ2n) is 11.4. The fraction of sp³-hybridized carbons (Fsp3) is 0. The summed E-state index contributed by atoms with van der Waals surface area (Å²) < 4.78 is 0. The highest BCUT2D eigenvalue weighted by Gasteiger charge is 2.30. The van der Waals surface area contributed by atoms with Gasteiger partial charge in [-0.25, -0.2) is 0 Å². The Hall–Kier alpha value is -4.43. The van der Waals surface area contributed by atoms with Crippen molar-refractivity contribution in [2.75, 3.05) is 0 Å². The summed E-state index contributed by atoms with van der Waals surface area (Å²) in [4.78, 5) is 0. The summed E-state index contributed by atoms with van der Waals surface area (Å²) in [5, 5.41) is 9.60. The lowest BCUT2D eigenvalue weighted by Crippen LogP contribution is -2.29. The van der Waals surface area contributed by atoms with E-state index in [1.54, 1.807) is 0 Å². The summed E-state index contributed by atoms with van der Waals surface area (Å²) in [5.74, 6) is 0. The van der Waals surface area contributed by atoms with Crippen molar-refractivity contribution >= 4 is 69.9 Å². The van der Waals surface area contributed by atoms with Crippen LogP contribution in [0.2, 0.25) is 0 Å². The first-order chi connectivity index (χ1) is 23.3. The molecule has 0 aliphatic heterocycles. The summed E-state index contributed by atoms with van der Waals surface area (Å²) in [6, 6.07) is 78.6. The van der Waals surface area contributed by atoms with Crippen LogP contribution in [-0.2, 0) is 0 Å². The molecule has 0 heterocycles. The molecule has 0 unspecified atom stereocenters. The maximum atomic E-state index is 2.79. The molecule has 0 amide bonds. The molecule has 7 aromatic carbocycles. The van der Waals surface area contributed by atoms with E-state index in [9.17, 15) is 0 Å². The van der Waals surface area contributed by atoms with Gasteiger partial charge >= 0.3 is 0 Å². The highest BCUT2D eigenvalue weighted by molar-refractivity contribution is 8.16. The quantitative estimate of drug-likeness (QED) is 0.137. The van der Waals surface area contributed by atoms with Crippen molar-refractivity contribution in [1.82, 2.24) is 0 Å². The van der Waals surface area contributed by atoms with Crippen LogP contribution in [0.4, 0.5) is 0 Å². The third-order valence-corrected chi connectivity index (χ3v) is 21.0. The molecule has 0 nitrogen and oxygen atoms in total. The van der Waals surface area contributed by atoms with Crippen LogP contribution in [0.5, 0.6) is 0 Å². The normalized spacial score (nSPS) is 11.6. The van der Waals surface area contributed by atoms with Gasteiger partial charge in [0.05, 0.1) is 0 Å². The Morgan fingerprint density at radius 1 is 0.255 bits per heavy atom. The van der Waals surface area contributed by atoms with Gasteiger partial charge in [-0.3, -0.25) is 0 Å². The van der Waals surface area contributed by atoms with Gasteiger partial charge in [-0.05, 0) is 69.9 Å². The number of rotatable bonds is 9. The van der Waals surface area contributed by atoms with Crippen molar-refractivity contribution in [2.24, 2.45) is 0 Å². The molecule has 0 aromatic heterocycles. The average Bonchev–Trinajstić information content (AvgIpc) is 3.18. The van der Waals surface area contributed by atoms with Crippen LogP contribution < -0.4 is 37.1 Å². The average molecular weight is 659 g/mol. The van der Waals surface area contributed by atoms with Gasteiger partial charge < -0.3 is 0 Å². The molecule has 228 valence electrons. The maximum Gasteiger partial charge on any atom is -0.0160 e. The zero-order chi connectivity index (χ0) is 31.8. The van der Waals surface area contributed by atoms with E-state index >= 15 is 0 Å². The molecule has 0 saturated carbocycles. The first kappa shape index (κ1) is 31.2. The smallest absolute Gasteiger partial charge is 0.0160 e. The fourth-order valence-electron chi connectivity index (χ4n) is 6.41. The number of hydrogen-bond acceptors (Lipinski definition) is 0. The summed E-state index contributed by atoms with van der Waals surface area (Å²) in [5.41, 5.74) is 5.59. The van der Waals surface area contributed by atoms with Crippen LogP contribution >= 0.6 is 21.7 Å². The van der Waals surface area contributed by atoms with Crippen molar-refractivity contribution in [3.8, 4) is 0 Å². The van der Waals surface area contributed by atoms with Gasteiger partial charge in [-0.15, -0.1) is 0 Å². The van der Waals surface area contributed by atoms with Crippen LogP contribution in [0.25, 0.3) is 0 Å². The lowest BCUT2D eigenvalue weighted by molar-refractivity contribution is 1.73. The van der Waals surface area contributed by atoms with E-state index in [0.29, 0.717) is 0 Å². The molecule has 0 saturated heterocycles. The van der Waals surface area contributed by atoms with Crippen molar-refractivity contribution in [2.45, 2.75) is 0 Å². The Labute approximate surface area is 281 Å². The van der Waals surface area contributed by atoms with Gasteiger partial charge in [-0.2, -0.15) is 0 Å². The first-order valence-electron chi connectivity index (χ1n) is 16.0. The predicted molar refractivity (Wildman–Crippen MR) is 215 cm³/mol. The molecular weight excluding hydrogens is 621 g/mol. The summed E-state index contributed by atoms with van der Waals surface area (Å²) >= 11 is 0. The van der Waals surface area contributed by atoms with Crippen molar-refractivity contribution in [3.05, 3.63) is 212 Å². The third-order valence-electron chi connectivity index (χ3n) is 8.63. The Balaban J connectivity index is 1.68. The molecule has 0 aliphatic rings. The van der Waals surface area contributed by atoms with Gasteiger partial charge in [0, 0.05) is 0 Å². The zero-order valence-electron chi connectivity index (χ0n) is 26.2. The number of hydrogen-bond donors (Lipinski definition) is 0. The van der Waals surface area contributed by atoms with E-state index in [0.717, 1.165) is 0 Å². The van der Waals surface area contributed by atoms with Crippen molar-refractivity contribution < 1.29 is 0 Å². The van der Waals surface area contributed by atoms with Crippen LogP contribution in [-0.4, -0.2) is 11.1 Å². The molecule has 0 atom stereocenters. The molecule has 0 N–H and O–H groups in total. The summed E-state index contributed by atoms with van der Waals surface area (Å²) in [6.45, 7) is -4.49. The Kier molecular flexibility index (Phi) is 9.65. The molecule has 3 heteroatoms. The molecule has 0 aliphatic carbocycles. The van der Waals surface area contributed by atoms with Crippen LogP contribution in [0, 0.1) is 0 Å². The molecule has 0 fully saturated rings. The zero-order valence-corrected chi connectivity index (χ0v) is 28.9. The molecule has 0 spiro atoms. The van der Waals surface area contributed by atoms with Crippen LogP contribution in [0.3, 0.4) is 0 Å². The number of benzene rings is 7. The van der Waals surface area contributed by atoms with E-state index in [4.69, 9.17) is 0 Å². The molecule has 0 bridgehead atoms. The van der Waals surface area contributed by atoms with Crippen LogP contribution in [0.15, 0.2) is 212 Å². The van der Waals surface area contributed by atoms with E-state index < -0.39 is 21.7 Å². The largest absolute Gasteiger partial charge is 0.0622 e. The van der Waals surface area contributed by atoms with Gasteiger partial charge in [-0.1, -0.05) is 212 Å². The maximum absolute atomic E-state index is 2.79. The summed E-state index contributed by atoms with van der Waals surface area (Å²) in [7, 11) is -0.925. The van der Waals surface area contributed by atoms with Gasteiger partial charge in [0.15, 0.2) is 0 Å². The second kappa shape index (κ2) is 14.6. The fourth-order valence-corrected chi connectivity index (χ4v) is 20.6. The minimum atomic E-state index is -2.25.